The highest BCUT2D eigenvalue weighted by Crippen LogP contribution is 2.26. The van der Waals surface area contributed by atoms with E-state index in [9.17, 15) is 0 Å². The number of fused-ring (bicyclic) bond motifs is 1. The Kier molecular flexibility index (Phi) is 4.58. The van der Waals surface area contributed by atoms with E-state index < -0.39 is 0 Å². The van der Waals surface area contributed by atoms with Crippen molar-refractivity contribution in [3.05, 3.63) is 29.3 Å². The molecule has 3 heteroatoms. The van der Waals surface area contributed by atoms with Gasteiger partial charge in [0.05, 0.1) is 6.61 Å². The molecule has 1 N–H and O–H groups in total. The Morgan fingerprint density at radius 3 is 2.95 bits per heavy atom. The van der Waals surface area contributed by atoms with Gasteiger partial charge in [-0.15, -0.1) is 0 Å². The van der Waals surface area contributed by atoms with E-state index in [2.05, 4.69) is 30.4 Å². The second-order valence-corrected chi connectivity index (χ2v) is 5.98. The van der Waals surface area contributed by atoms with E-state index in [-0.39, 0.29) is 0 Å². The van der Waals surface area contributed by atoms with Crippen LogP contribution in [0.4, 0.5) is 0 Å². The number of nitrogens with one attached hydrogen (secondary N) is 1. The van der Waals surface area contributed by atoms with Crippen LogP contribution in [0.1, 0.15) is 30.9 Å². The molecule has 110 valence electrons. The summed E-state index contributed by atoms with van der Waals surface area (Å²) in [6.45, 7) is 6.07. The van der Waals surface area contributed by atoms with Crippen molar-refractivity contribution in [1.82, 2.24) is 5.32 Å². The molecule has 0 bridgehead atoms. The van der Waals surface area contributed by atoms with E-state index >= 15 is 0 Å². The normalized spacial score (nSPS) is 20.4. The van der Waals surface area contributed by atoms with Gasteiger partial charge in [0.25, 0.3) is 0 Å². The van der Waals surface area contributed by atoms with E-state index in [1.54, 1.807) is 0 Å². The van der Waals surface area contributed by atoms with Gasteiger partial charge in [-0.2, -0.15) is 0 Å². The smallest absolute Gasteiger partial charge is 0.122 e. The Morgan fingerprint density at radius 2 is 2.10 bits per heavy atom. The van der Waals surface area contributed by atoms with Crippen LogP contribution in [0.5, 0.6) is 5.75 Å². The first-order chi connectivity index (χ1) is 9.83. The first-order valence-electron chi connectivity index (χ1n) is 7.88. The van der Waals surface area contributed by atoms with Crippen molar-refractivity contribution in [1.29, 1.82) is 0 Å². The summed E-state index contributed by atoms with van der Waals surface area (Å²) < 4.78 is 11.0. The van der Waals surface area contributed by atoms with Gasteiger partial charge in [-0.3, -0.25) is 0 Å². The molecule has 1 unspecified atom stereocenters. The van der Waals surface area contributed by atoms with Crippen LogP contribution in [0.2, 0.25) is 0 Å². The van der Waals surface area contributed by atoms with Crippen molar-refractivity contribution >= 4 is 0 Å². The zero-order valence-corrected chi connectivity index (χ0v) is 12.4. The van der Waals surface area contributed by atoms with E-state index in [0.717, 1.165) is 50.9 Å². The van der Waals surface area contributed by atoms with Gasteiger partial charge < -0.3 is 14.8 Å². The van der Waals surface area contributed by atoms with Crippen molar-refractivity contribution in [2.75, 3.05) is 26.4 Å². The first-order valence-corrected chi connectivity index (χ1v) is 7.88. The van der Waals surface area contributed by atoms with Crippen molar-refractivity contribution in [3.63, 3.8) is 0 Å². The lowest BCUT2D eigenvalue weighted by molar-refractivity contribution is 0.0561. The Balaban J connectivity index is 1.45. The minimum atomic E-state index is 0.594. The third-order valence-corrected chi connectivity index (χ3v) is 4.61. The summed E-state index contributed by atoms with van der Waals surface area (Å²) in [5, 5.41) is 3.68. The van der Waals surface area contributed by atoms with E-state index in [4.69, 9.17) is 9.47 Å². The lowest BCUT2D eigenvalue weighted by Gasteiger charge is -2.28. The van der Waals surface area contributed by atoms with Crippen LogP contribution in [0.25, 0.3) is 0 Å². The topological polar surface area (TPSA) is 30.5 Å². The largest absolute Gasteiger partial charge is 0.493 e. The summed E-state index contributed by atoms with van der Waals surface area (Å²) in [5.41, 5.74) is 2.79. The Hall–Kier alpha value is -1.06. The van der Waals surface area contributed by atoms with Crippen LogP contribution in [0, 0.1) is 5.92 Å². The average Bonchev–Trinajstić information content (AvgIpc) is 2.95. The molecule has 3 rings (SSSR count). The molecule has 20 heavy (non-hydrogen) atoms. The van der Waals surface area contributed by atoms with Crippen molar-refractivity contribution in [3.8, 4) is 5.75 Å². The molecule has 0 aliphatic carbocycles. The molecule has 2 heterocycles. The molecule has 1 aromatic rings. The van der Waals surface area contributed by atoms with Crippen LogP contribution in [-0.4, -0.2) is 32.4 Å². The van der Waals surface area contributed by atoms with Gasteiger partial charge in [-0.1, -0.05) is 12.1 Å². The van der Waals surface area contributed by atoms with Gasteiger partial charge in [-0.25, -0.2) is 0 Å². The fraction of sp³-hybridized carbons (Fsp3) is 0.647. The number of hydrogen-bond acceptors (Lipinski definition) is 3. The van der Waals surface area contributed by atoms with E-state index in [1.807, 2.05) is 0 Å². The van der Waals surface area contributed by atoms with Crippen molar-refractivity contribution < 1.29 is 9.47 Å². The third kappa shape index (κ3) is 3.33. The summed E-state index contributed by atoms with van der Waals surface area (Å²) in [6, 6.07) is 7.23. The summed E-state index contributed by atoms with van der Waals surface area (Å²) >= 11 is 0. The molecular formula is C17H25NO2. The van der Waals surface area contributed by atoms with E-state index in [0.29, 0.717) is 6.04 Å². The molecule has 0 aromatic heterocycles. The average molecular weight is 275 g/mol. The molecule has 3 nitrogen and oxygen atoms in total. The van der Waals surface area contributed by atoms with Gasteiger partial charge in [0, 0.05) is 25.7 Å². The molecular weight excluding hydrogens is 250 g/mol. The molecule has 0 saturated carbocycles. The second-order valence-electron chi connectivity index (χ2n) is 5.98. The quantitative estimate of drug-likeness (QED) is 0.896. The SMILES string of the molecule is CC(NCCc1ccc2c(c1)CCO2)C1CCOCC1. The molecule has 0 radical (unpaired) electrons. The third-order valence-electron chi connectivity index (χ3n) is 4.61. The molecule has 2 aliphatic rings. The zero-order valence-electron chi connectivity index (χ0n) is 12.4. The Labute approximate surface area is 121 Å². The van der Waals surface area contributed by atoms with Crippen LogP contribution in [-0.2, 0) is 17.6 Å². The van der Waals surface area contributed by atoms with Gasteiger partial charge in [0.15, 0.2) is 0 Å². The number of hydrogen-bond donors (Lipinski definition) is 1. The molecule has 2 aliphatic heterocycles. The van der Waals surface area contributed by atoms with Crippen LogP contribution in [0.15, 0.2) is 18.2 Å². The minimum absolute atomic E-state index is 0.594. The van der Waals surface area contributed by atoms with Gasteiger partial charge in [0.1, 0.15) is 5.75 Å². The lowest BCUT2D eigenvalue weighted by atomic mass is 9.93. The maximum Gasteiger partial charge on any atom is 0.122 e. The molecule has 1 fully saturated rings. The Bertz CT molecular complexity index is 441. The molecule has 1 atom stereocenters. The van der Waals surface area contributed by atoms with E-state index in [1.165, 1.54) is 24.0 Å². The van der Waals surface area contributed by atoms with Crippen molar-refractivity contribution in [2.45, 2.75) is 38.6 Å². The molecule has 0 spiro atoms. The summed E-state index contributed by atoms with van der Waals surface area (Å²) in [7, 11) is 0. The van der Waals surface area contributed by atoms with Gasteiger partial charge in [0.2, 0.25) is 0 Å². The zero-order chi connectivity index (χ0) is 13.8. The predicted octanol–water partition coefficient (Wildman–Crippen LogP) is 2.57. The summed E-state index contributed by atoms with van der Waals surface area (Å²) in [4.78, 5) is 0. The highest BCUT2D eigenvalue weighted by atomic mass is 16.5. The predicted molar refractivity (Wildman–Crippen MR) is 80.4 cm³/mol. The van der Waals surface area contributed by atoms with Crippen molar-refractivity contribution in [2.24, 2.45) is 5.92 Å². The number of rotatable bonds is 5. The van der Waals surface area contributed by atoms with Crippen LogP contribution >= 0.6 is 0 Å². The lowest BCUT2D eigenvalue weighted by Crippen LogP contribution is -2.37. The fourth-order valence-electron chi connectivity index (χ4n) is 3.22. The van der Waals surface area contributed by atoms with Gasteiger partial charge >= 0.3 is 0 Å². The van der Waals surface area contributed by atoms with Crippen LogP contribution in [0.3, 0.4) is 0 Å². The molecule has 1 aromatic carbocycles. The maximum atomic E-state index is 5.55. The Morgan fingerprint density at radius 1 is 1.25 bits per heavy atom. The fourth-order valence-corrected chi connectivity index (χ4v) is 3.22. The molecule has 0 amide bonds. The number of benzene rings is 1. The molecule has 1 saturated heterocycles. The maximum absolute atomic E-state index is 5.55. The highest BCUT2D eigenvalue weighted by Gasteiger charge is 2.19. The monoisotopic (exact) mass is 275 g/mol. The standard InChI is InChI=1S/C17H25NO2/c1-13(15-5-9-19-10-6-15)18-8-4-14-2-3-17-16(12-14)7-11-20-17/h2-3,12-13,15,18H,4-11H2,1H3. The van der Waals surface area contributed by atoms with Crippen LogP contribution < -0.4 is 10.1 Å². The number of ether oxygens (including phenoxy) is 2. The van der Waals surface area contributed by atoms with Gasteiger partial charge in [-0.05, 0) is 55.8 Å². The second kappa shape index (κ2) is 6.59. The first kappa shape index (κ1) is 13.9. The minimum Gasteiger partial charge on any atom is -0.493 e. The highest BCUT2D eigenvalue weighted by molar-refractivity contribution is 5.39. The summed E-state index contributed by atoms with van der Waals surface area (Å²) in [6.07, 6.45) is 4.56. The summed E-state index contributed by atoms with van der Waals surface area (Å²) in [5.74, 6) is 1.86.